The number of hydrogen-bond donors (Lipinski definition) is 2. The third-order valence-electron chi connectivity index (χ3n) is 4.19. The lowest BCUT2D eigenvalue weighted by Crippen LogP contribution is -2.64. The lowest BCUT2D eigenvalue weighted by atomic mass is 10.1. The van der Waals surface area contributed by atoms with Crippen LogP contribution in [0.2, 0.25) is 13.1 Å². The largest absolute Gasteiger partial charge is 0.429 e. The molecule has 0 aliphatic carbocycles. The monoisotopic (exact) mass is 331 g/mol. The average molecular weight is 332 g/mol. The third kappa shape index (κ3) is 3.17. The molecule has 0 heterocycles. The van der Waals surface area contributed by atoms with E-state index in [1.165, 1.54) is 10.8 Å². The Bertz CT molecular complexity index is 634. The van der Waals surface area contributed by atoms with Crippen LogP contribution in [0.5, 0.6) is 0 Å². The Morgan fingerprint density at radius 2 is 1.41 bits per heavy atom. The van der Waals surface area contributed by atoms with Crippen LogP contribution in [-0.4, -0.2) is 27.3 Å². The van der Waals surface area contributed by atoms with E-state index in [1.807, 2.05) is 22.4 Å². The summed E-state index contributed by atoms with van der Waals surface area (Å²) in [6, 6.07) is 14.4. The van der Waals surface area contributed by atoms with Crippen LogP contribution in [0.15, 0.2) is 42.5 Å². The quantitative estimate of drug-likeness (QED) is 0.845. The Balaban J connectivity index is 2.62. The van der Waals surface area contributed by atoms with Gasteiger partial charge in [-0.05, 0) is 50.2 Å². The molecular formula is C17H25NO2Si2. The minimum absolute atomic E-state index is 0.993. The van der Waals surface area contributed by atoms with Crippen LogP contribution in [0.1, 0.15) is 16.7 Å². The predicted molar refractivity (Wildman–Crippen MR) is 98.3 cm³/mol. The summed E-state index contributed by atoms with van der Waals surface area (Å²) in [5.41, 5.74) is 4.41. The standard InChI is InChI=1S/C17H25NO2Si2/c1-13-11-14(2)17(15(3)12-13)18(21(19)20)22(4,5)16-9-7-6-8-10-16/h6-12,19-21H,1-5H3. The normalized spacial score (nSPS) is 11.8. The molecule has 0 radical (unpaired) electrons. The molecule has 0 atom stereocenters. The minimum atomic E-state index is -2.98. The number of nitrogens with zero attached hydrogens (tertiary/aromatic N) is 1. The van der Waals surface area contributed by atoms with Gasteiger partial charge in [-0.25, -0.2) is 0 Å². The van der Waals surface area contributed by atoms with Crippen LogP contribution in [0, 0.1) is 20.8 Å². The van der Waals surface area contributed by atoms with Gasteiger partial charge in [0.15, 0.2) is 8.24 Å². The van der Waals surface area contributed by atoms with Crippen LogP contribution >= 0.6 is 0 Å². The molecule has 0 unspecified atom stereocenters. The van der Waals surface area contributed by atoms with E-state index in [2.05, 4.69) is 58.1 Å². The molecule has 2 aromatic rings. The fourth-order valence-corrected chi connectivity index (χ4v) is 8.81. The average Bonchev–Trinajstić information content (AvgIpc) is 2.42. The Hall–Kier alpha value is -1.41. The van der Waals surface area contributed by atoms with Gasteiger partial charge in [0.25, 0.3) is 0 Å². The first-order valence-electron chi connectivity index (χ1n) is 7.54. The Kier molecular flexibility index (Phi) is 4.91. The molecule has 22 heavy (non-hydrogen) atoms. The molecule has 118 valence electrons. The molecule has 0 saturated carbocycles. The molecule has 5 heteroatoms. The van der Waals surface area contributed by atoms with Crippen molar-refractivity contribution in [3.63, 3.8) is 0 Å². The van der Waals surface area contributed by atoms with Crippen LogP contribution in [0.4, 0.5) is 5.69 Å². The summed E-state index contributed by atoms with van der Waals surface area (Å²) in [5, 5.41) is 1.20. The Labute approximate surface area is 135 Å². The first kappa shape index (κ1) is 17.0. The minimum Gasteiger partial charge on any atom is -0.397 e. The Morgan fingerprint density at radius 1 is 0.909 bits per heavy atom. The second-order valence-corrected chi connectivity index (χ2v) is 12.3. The van der Waals surface area contributed by atoms with Crippen LogP contribution in [0.25, 0.3) is 0 Å². The van der Waals surface area contributed by atoms with Crippen molar-refractivity contribution in [2.24, 2.45) is 0 Å². The first-order chi connectivity index (χ1) is 10.2. The van der Waals surface area contributed by atoms with Crippen molar-refractivity contribution in [2.75, 3.05) is 4.23 Å². The molecule has 0 aliphatic rings. The molecule has 2 rings (SSSR count). The van der Waals surface area contributed by atoms with Gasteiger partial charge in [0, 0.05) is 5.69 Å². The van der Waals surface area contributed by atoms with Gasteiger partial charge in [-0.3, -0.25) is 0 Å². The van der Waals surface area contributed by atoms with Gasteiger partial charge < -0.3 is 13.8 Å². The van der Waals surface area contributed by atoms with Crippen LogP contribution in [-0.2, 0) is 0 Å². The predicted octanol–water partition coefficient (Wildman–Crippen LogP) is 2.23. The number of rotatable bonds is 4. The van der Waals surface area contributed by atoms with E-state index in [-0.39, 0.29) is 0 Å². The van der Waals surface area contributed by atoms with E-state index in [9.17, 15) is 9.59 Å². The zero-order chi connectivity index (χ0) is 16.5. The highest BCUT2D eigenvalue weighted by molar-refractivity contribution is 6.99. The number of hydrogen-bond acceptors (Lipinski definition) is 3. The SMILES string of the molecule is Cc1cc(C)c(N([SiH](O)O)[Si](C)(C)c2ccccc2)c(C)c1. The number of anilines is 1. The summed E-state index contributed by atoms with van der Waals surface area (Å²) < 4.78 is 1.95. The van der Waals surface area contributed by atoms with E-state index in [0.29, 0.717) is 0 Å². The lowest BCUT2D eigenvalue weighted by molar-refractivity contribution is 0.409. The van der Waals surface area contributed by atoms with E-state index < -0.39 is 17.7 Å². The molecule has 0 amide bonds. The van der Waals surface area contributed by atoms with E-state index >= 15 is 0 Å². The molecule has 2 aromatic carbocycles. The highest BCUT2D eigenvalue weighted by atomic mass is 28.4. The summed E-state index contributed by atoms with van der Waals surface area (Å²) >= 11 is 0. The van der Waals surface area contributed by atoms with Crippen LogP contribution in [0.3, 0.4) is 0 Å². The molecule has 0 aromatic heterocycles. The van der Waals surface area contributed by atoms with Crippen molar-refractivity contribution in [3.8, 4) is 0 Å². The zero-order valence-electron chi connectivity index (χ0n) is 14.0. The fourth-order valence-electron chi connectivity index (χ4n) is 3.22. The lowest BCUT2D eigenvalue weighted by Gasteiger charge is -2.41. The zero-order valence-corrected chi connectivity index (χ0v) is 16.1. The molecule has 0 spiro atoms. The molecule has 3 nitrogen and oxygen atoms in total. The smallest absolute Gasteiger partial charge is 0.397 e. The van der Waals surface area contributed by atoms with Gasteiger partial charge in [-0.15, -0.1) is 0 Å². The summed E-state index contributed by atoms with van der Waals surface area (Å²) in [6.07, 6.45) is 0. The van der Waals surface area contributed by atoms with Crippen molar-refractivity contribution in [3.05, 3.63) is 59.2 Å². The first-order valence-corrected chi connectivity index (χ1v) is 12.0. The van der Waals surface area contributed by atoms with Crippen LogP contribution < -0.4 is 9.42 Å². The van der Waals surface area contributed by atoms with Gasteiger partial charge >= 0.3 is 9.45 Å². The second kappa shape index (κ2) is 6.38. The Morgan fingerprint density at radius 3 is 1.86 bits per heavy atom. The molecule has 2 N–H and O–H groups in total. The molecule has 0 aliphatic heterocycles. The van der Waals surface area contributed by atoms with E-state index in [0.717, 1.165) is 16.8 Å². The maximum atomic E-state index is 10.2. The van der Waals surface area contributed by atoms with Gasteiger partial charge in [0.1, 0.15) is 0 Å². The highest BCUT2D eigenvalue weighted by Crippen LogP contribution is 2.30. The van der Waals surface area contributed by atoms with Crippen molar-refractivity contribution < 1.29 is 9.59 Å². The highest BCUT2D eigenvalue weighted by Gasteiger charge is 2.38. The maximum absolute atomic E-state index is 10.2. The van der Waals surface area contributed by atoms with Crippen molar-refractivity contribution in [1.82, 2.24) is 0 Å². The van der Waals surface area contributed by atoms with Crippen molar-refractivity contribution in [1.29, 1.82) is 0 Å². The summed E-state index contributed by atoms with van der Waals surface area (Å²) in [4.78, 5) is 20.5. The van der Waals surface area contributed by atoms with Gasteiger partial charge in [0.05, 0.1) is 0 Å². The summed E-state index contributed by atoms with van der Waals surface area (Å²) in [5.74, 6) is 0. The maximum Gasteiger partial charge on any atom is 0.429 e. The third-order valence-corrected chi connectivity index (χ3v) is 10.7. The summed E-state index contributed by atoms with van der Waals surface area (Å²) in [6.45, 7) is 10.5. The van der Waals surface area contributed by atoms with Gasteiger partial charge in [-0.2, -0.15) is 0 Å². The fraction of sp³-hybridized carbons (Fsp3) is 0.294. The topological polar surface area (TPSA) is 43.7 Å². The summed E-state index contributed by atoms with van der Waals surface area (Å²) in [7, 11) is -5.18. The van der Waals surface area contributed by atoms with Gasteiger partial charge in [-0.1, -0.05) is 48.0 Å². The van der Waals surface area contributed by atoms with E-state index in [1.54, 1.807) is 0 Å². The van der Waals surface area contributed by atoms with E-state index in [4.69, 9.17) is 0 Å². The van der Waals surface area contributed by atoms with Crippen molar-refractivity contribution >= 4 is 28.6 Å². The second-order valence-electron chi connectivity index (χ2n) is 6.39. The van der Waals surface area contributed by atoms with Gasteiger partial charge in [0.2, 0.25) is 0 Å². The number of benzene rings is 2. The molecule has 0 fully saturated rings. The molecular weight excluding hydrogens is 306 g/mol. The van der Waals surface area contributed by atoms with Crippen molar-refractivity contribution in [2.45, 2.75) is 33.9 Å². The molecule has 0 saturated heterocycles. The molecule has 0 bridgehead atoms. The number of aryl methyl sites for hydroxylation is 3.